The molecule has 5 nitrogen and oxygen atoms in total. The van der Waals surface area contributed by atoms with Crippen molar-refractivity contribution in [3.05, 3.63) is 38.7 Å². The molecule has 0 saturated heterocycles. The van der Waals surface area contributed by atoms with Gasteiger partial charge in [0, 0.05) is 17.3 Å². The lowest BCUT2D eigenvalue weighted by molar-refractivity contribution is -0.385. The topological polar surface area (TPSA) is 68.1 Å². The number of halogens is 1. The summed E-state index contributed by atoms with van der Waals surface area (Å²) in [5.74, 6) is 0. The summed E-state index contributed by atoms with van der Waals surface area (Å²) < 4.78 is 0. The van der Waals surface area contributed by atoms with E-state index in [0.29, 0.717) is 5.56 Å². The average molecular weight is 256 g/mol. The van der Waals surface area contributed by atoms with E-state index in [0.717, 1.165) is 18.5 Å². The van der Waals surface area contributed by atoms with Gasteiger partial charge in [0.1, 0.15) is 0 Å². The van der Waals surface area contributed by atoms with Crippen LogP contribution >= 0.6 is 11.6 Å². The molecule has 0 aromatic carbocycles. The Morgan fingerprint density at radius 2 is 2.35 bits per heavy atom. The molecule has 0 aliphatic heterocycles. The fraction of sp³-hybridized carbons (Fsp3) is 0.364. The normalized spacial score (nSPS) is 11.0. The van der Waals surface area contributed by atoms with E-state index in [1.807, 2.05) is 19.2 Å². The summed E-state index contributed by atoms with van der Waals surface area (Å²) in [7, 11) is 1.87. The summed E-state index contributed by atoms with van der Waals surface area (Å²) in [5.41, 5.74) is 1.13. The standard InChI is InChI=1S/C11H14ClN3O2/c1-8-9(5-3-4-6-13-2)7-14-11(12)10(8)15(16)17/h3,5,7,13H,4,6H2,1-2H3. The van der Waals surface area contributed by atoms with Crippen molar-refractivity contribution >= 4 is 23.4 Å². The zero-order chi connectivity index (χ0) is 12.8. The van der Waals surface area contributed by atoms with Crippen molar-refractivity contribution in [2.24, 2.45) is 0 Å². The zero-order valence-corrected chi connectivity index (χ0v) is 10.5. The van der Waals surface area contributed by atoms with Crippen LogP contribution in [0.2, 0.25) is 5.15 Å². The molecule has 0 radical (unpaired) electrons. The van der Waals surface area contributed by atoms with Gasteiger partial charge in [0.15, 0.2) is 0 Å². The highest BCUT2D eigenvalue weighted by Gasteiger charge is 2.19. The molecule has 6 heteroatoms. The quantitative estimate of drug-likeness (QED) is 0.380. The molecular formula is C11H14ClN3O2. The summed E-state index contributed by atoms with van der Waals surface area (Å²) >= 11 is 5.69. The molecule has 92 valence electrons. The molecule has 1 heterocycles. The van der Waals surface area contributed by atoms with Gasteiger partial charge in [0.05, 0.1) is 4.92 Å². The molecule has 0 atom stereocenters. The minimum atomic E-state index is -0.504. The lowest BCUT2D eigenvalue weighted by Gasteiger charge is -2.02. The first kappa shape index (κ1) is 13.6. The van der Waals surface area contributed by atoms with Gasteiger partial charge in [-0.25, -0.2) is 4.98 Å². The van der Waals surface area contributed by atoms with Gasteiger partial charge in [-0.15, -0.1) is 0 Å². The second-order valence-electron chi connectivity index (χ2n) is 3.53. The Bertz CT molecular complexity index is 447. The monoisotopic (exact) mass is 255 g/mol. The van der Waals surface area contributed by atoms with Gasteiger partial charge < -0.3 is 5.32 Å². The van der Waals surface area contributed by atoms with Crippen LogP contribution in [0.5, 0.6) is 0 Å². The van der Waals surface area contributed by atoms with Gasteiger partial charge in [-0.1, -0.05) is 23.8 Å². The second kappa shape index (κ2) is 6.32. The third kappa shape index (κ3) is 3.51. The van der Waals surface area contributed by atoms with Crippen LogP contribution in [-0.2, 0) is 0 Å². The molecule has 0 unspecified atom stereocenters. The van der Waals surface area contributed by atoms with Crippen LogP contribution in [0.25, 0.3) is 6.08 Å². The molecule has 0 fully saturated rings. The van der Waals surface area contributed by atoms with Crippen molar-refractivity contribution in [3.8, 4) is 0 Å². The SMILES string of the molecule is CNCCC=Cc1cnc(Cl)c([N+](=O)[O-])c1C. The summed E-state index contributed by atoms with van der Waals surface area (Å²) in [6.45, 7) is 2.53. The Hall–Kier alpha value is -1.46. The van der Waals surface area contributed by atoms with Gasteiger partial charge in [0.2, 0.25) is 5.15 Å². The van der Waals surface area contributed by atoms with E-state index in [-0.39, 0.29) is 10.8 Å². The molecule has 0 bridgehead atoms. The molecule has 1 N–H and O–H groups in total. The summed E-state index contributed by atoms with van der Waals surface area (Å²) in [6, 6.07) is 0. The Morgan fingerprint density at radius 3 is 2.94 bits per heavy atom. The number of pyridine rings is 1. The van der Waals surface area contributed by atoms with Crippen molar-refractivity contribution < 1.29 is 4.92 Å². The van der Waals surface area contributed by atoms with Crippen LogP contribution in [-0.4, -0.2) is 23.5 Å². The highest BCUT2D eigenvalue weighted by atomic mass is 35.5. The lowest BCUT2D eigenvalue weighted by Crippen LogP contribution is -2.05. The predicted octanol–water partition coefficient (Wildman–Crippen LogP) is 2.57. The van der Waals surface area contributed by atoms with Crippen molar-refractivity contribution in [2.45, 2.75) is 13.3 Å². The van der Waals surface area contributed by atoms with E-state index in [9.17, 15) is 10.1 Å². The van der Waals surface area contributed by atoms with E-state index >= 15 is 0 Å². The van der Waals surface area contributed by atoms with E-state index in [1.165, 1.54) is 0 Å². The lowest BCUT2D eigenvalue weighted by atomic mass is 10.1. The Kier molecular flexibility index (Phi) is 5.06. The van der Waals surface area contributed by atoms with Gasteiger partial charge in [-0.3, -0.25) is 10.1 Å². The number of nitrogens with zero attached hydrogens (tertiary/aromatic N) is 2. The molecule has 0 spiro atoms. The van der Waals surface area contributed by atoms with Gasteiger partial charge in [0.25, 0.3) is 0 Å². The number of rotatable bonds is 5. The van der Waals surface area contributed by atoms with Crippen molar-refractivity contribution in [1.29, 1.82) is 0 Å². The van der Waals surface area contributed by atoms with Crippen molar-refractivity contribution in [3.63, 3.8) is 0 Å². The zero-order valence-electron chi connectivity index (χ0n) is 9.74. The third-order valence-corrected chi connectivity index (χ3v) is 2.62. The summed E-state index contributed by atoms with van der Waals surface area (Å²) in [5, 5.41) is 13.8. The predicted molar refractivity (Wildman–Crippen MR) is 68.2 cm³/mol. The van der Waals surface area contributed by atoms with Gasteiger partial charge in [-0.05, 0) is 26.9 Å². The van der Waals surface area contributed by atoms with Crippen LogP contribution in [0.3, 0.4) is 0 Å². The first-order valence-electron chi connectivity index (χ1n) is 5.18. The van der Waals surface area contributed by atoms with Crippen LogP contribution in [0.15, 0.2) is 12.3 Å². The van der Waals surface area contributed by atoms with E-state index in [4.69, 9.17) is 11.6 Å². The minimum absolute atomic E-state index is 0.0696. The Labute approximate surface area is 105 Å². The molecule has 0 aliphatic rings. The summed E-state index contributed by atoms with van der Waals surface area (Å²) in [4.78, 5) is 14.1. The average Bonchev–Trinajstić information content (AvgIpc) is 2.26. The minimum Gasteiger partial charge on any atom is -0.319 e. The molecule has 0 aliphatic carbocycles. The summed E-state index contributed by atoms with van der Waals surface area (Å²) in [6.07, 6.45) is 6.16. The molecule has 0 saturated carbocycles. The Morgan fingerprint density at radius 1 is 1.65 bits per heavy atom. The maximum Gasteiger partial charge on any atom is 0.309 e. The number of hydrogen-bond donors (Lipinski definition) is 1. The van der Waals surface area contributed by atoms with Gasteiger partial charge >= 0.3 is 5.69 Å². The molecule has 1 aromatic rings. The number of hydrogen-bond acceptors (Lipinski definition) is 4. The molecule has 0 amide bonds. The van der Waals surface area contributed by atoms with Gasteiger partial charge in [-0.2, -0.15) is 0 Å². The first-order chi connectivity index (χ1) is 8.07. The van der Waals surface area contributed by atoms with Crippen molar-refractivity contribution in [2.75, 3.05) is 13.6 Å². The fourth-order valence-corrected chi connectivity index (χ4v) is 1.65. The van der Waals surface area contributed by atoms with E-state index in [2.05, 4.69) is 10.3 Å². The van der Waals surface area contributed by atoms with E-state index in [1.54, 1.807) is 13.1 Å². The third-order valence-electron chi connectivity index (χ3n) is 2.34. The highest BCUT2D eigenvalue weighted by molar-refractivity contribution is 6.31. The Balaban J connectivity index is 2.98. The van der Waals surface area contributed by atoms with Crippen molar-refractivity contribution in [1.82, 2.24) is 10.3 Å². The maximum atomic E-state index is 10.8. The molecular weight excluding hydrogens is 242 g/mol. The maximum absolute atomic E-state index is 10.8. The number of aromatic nitrogens is 1. The number of nitro groups is 1. The first-order valence-corrected chi connectivity index (χ1v) is 5.56. The van der Waals surface area contributed by atoms with Crippen LogP contribution in [0.1, 0.15) is 17.5 Å². The van der Waals surface area contributed by atoms with E-state index < -0.39 is 4.92 Å². The van der Waals surface area contributed by atoms with Crippen LogP contribution in [0.4, 0.5) is 5.69 Å². The molecule has 17 heavy (non-hydrogen) atoms. The number of nitrogens with one attached hydrogen (secondary N) is 1. The second-order valence-corrected chi connectivity index (χ2v) is 3.89. The van der Waals surface area contributed by atoms with Crippen LogP contribution in [0, 0.1) is 17.0 Å². The van der Waals surface area contributed by atoms with Crippen LogP contribution < -0.4 is 5.32 Å². The fourth-order valence-electron chi connectivity index (χ4n) is 1.39. The largest absolute Gasteiger partial charge is 0.319 e. The highest BCUT2D eigenvalue weighted by Crippen LogP contribution is 2.28. The molecule has 1 rings (SSSR count). The smallest absolute Gasteiger partial charge is 0.309 e. The molecule has 1 aromatic heterocycles.